The van der Waals surface area contributed by atoms with E-state index in [0.717, 1.165) is 0 Å². The van der Waals surface area contributed by atoms with Gasteiger partial charge in [0.05, 0.1) is 12.1 Å². The molecule has 6 heteroatoms. The Morgan fingerprint density at radius 3 is 2.38 bits per heavy atom. The number of halogens is 3. The molecule has 0 atom stereocenters. The van der Waals surface area contributed by atoms with Crippen LogP contribution in [0.25, 0.3) is 0 Å². The summed E-state index contributed by atoms with van der Waals surface area (Å²) in [5, 5.41) is 2.44. The summed E-state index contributed by atoms with van der Waals surface area (Å²) in [5.74, 6) is -0.905. The van der Waals surface area contributed by atoms with Gasteiger partial charge in [0.1, 0.15) is 11.6 Å². The molecule has 1 amide bonds. The van der Waals surface area contributed by atoms with Crippen LogP contribution in [-0.4, -0.2) is 12.5 Å². The van der Waals surface area contributed by atoms with Crippen molar-refractivity contribution in [3.63, 3.8) is 0 Å². The number of amides is 1. The summed E-state index contributed by atoms with van der Waals surface area (Å²) >= 11 is 0. The first-order chi connectivity index (χ1) is 10.0. The van der Waals surface area contributed by atoms with Gasteiger partial charge in [0.25, 0.3) is 0 Å². The second-order valence-corrected chi connectivity index (χ2v) is 4.23. The molecule has 0 aliphatic heterocycles. The van der Waals surface area contributed by atoms with Gasteiger partial charge in [-0.1, -0.05) is 24.3 Å². The van der Waals surface area contributed by atoms with Crippen molar-refractivity contribution in [1.29, 1.82) is 0 Å². The van der Waals surface area contributed by atoms with Gasteiger partial charge in [-0.3, -0.25) is 4.79 Å². The summed E-state index contributed by atoms with van der Waals surface area (Å²) < 4.78 is 41.5. The fourth-order valence-electron chi connectivity index (χ4n) is 1.73. The van der Waals surface area contributed by atoms with Gasteiger partial charge in [0, 0.05) is 0 Å². The van der Waals surface area contributed by atoms with E-state index in [0.29, 0.717) is 5.56 Å². The molecule has 0 heterocycles. The Bertz CT molecular complexity index is 615. The average Bonchev–Trinajstić information content (AvgIpc) is 2.43. The molecule has 2 rings (SSSR count). The number of alkyl halides is 2. The Hall–Kier alpha value is -2.50. The number of rotatable bonds is 5. The van der Waals surface area contributed by atoms with Crippen LogP contribution in [0.3, 0.4) is 0 Å². The Morgan fingerprint density at radius 1 is 1.10 bits per heavy atom. The molecule has 1 N–H and O–H groups in total. The van der Waals surface area contributed by atoms with Crippen LogP contribution in [0, 0.1) is 5.82 Å². The number of nitrogens with one attached hydrogen (secondary N) is 1. The lowest BCUT2D eigenvalue weighted by molar-refractivity contribution is -0.115. The number of carbonyl (C=O) groups excluding carboxylic acids is 1. The van der Waals surface area contributed by atoms with E-state index in [1.807, 2.05) is 0 Å². The maximum Gasteiger partial charge on any atom is 0.387 e. The highest BCUT2D eigenvalue weighted by molar-refractivity contribution is 5.92. The predicted octanol–water partition coefficient (Wildman–Crippen LogP) is 3.61. The van der Waals surface area contributed by atoms with E-state index in [1.165, 1.54) is 42.5 Å². The summed E-state index contributed by atoms with van der Waals surface area (Å²) in [5.41, 5.74) is 0.700. The first-order valence-corrected chi connectivity index (χ1v) is 6.13. The highest BCUT2D eigenvalue weighted by Crippen LogP contribution is 2.16. The Morgan fingerprint density at radius 2 is 1.76 bits per heavy atom. The van der Waals surface area contributed by atoms with Crippen molar-refractivity contribution in [1.82, 2.24) is 0 Å². The fraction of sp³-hybridized carbons (Fsp3) is 0.133. The second kappa shape index (κ2) is 6.78. The molecule has 0 bridgehead atoms. The summed E-state index contributed by atoms with van der Waals surface area (Å²) in [6.07, 6.45) is 0.00327. The molecule has 0 saturated carbocycles. The van der Waals surface area contributed by atoms with E-state index < -0.39 is 18.3 Å². The molecule has 0 unspecified atom stereocenters. The van der Waals surface area contributed by atoms with Crippen LogP contribution < -0.4 is 10.1 Å². The molecular weight excluding hydrogens is 283 g/mol. The normalized spacial score (nSPS) is 10.5. The van der Waals surface area contributed by atoms with E-state index in [-0.39, 0.29) is 17.9 Å². The van der Waals surface area contributed by atoms with Crippen molar-refractivity contribution < 1.29 is 22.7 Å². The third-order valence-electron chi connectivity index (χ3n) is 2.66. The van der Waals surface area contributed by atoms with Crippen molar-refractivity contribution in [2.24, 2.45) is 0 Å². The summed E-state index contributed by atoms with van der Waals surface area (Å²) in [7, 11) is 0. The molecule has 2 aromatic carbocycles. The lowest BCUT2D eigenvalue weighted by Crippen LogP contribution is -2.15. The third-order valence-corrected chi connectivity index (χ3v) is 2.66. The lowest BCUT2D eigenvalue weighted by atomic mass is 10.1. The highest BCUT2D eigenvalue weighted by atomic mass is 19.3. The number of para-hydroxylation sites is 1. The van der Waals surface area contributed by atoms with E-state index >= 15 is 0 Å². The van der Waals surface area contributed by atoms with Gasteiger partial charge in [0.2, 0.25) is 5.91 Å². The predicted molar refractivity (Wildman–Crippen MR) is 71.8 cm³/mol. The minimum atomic E-state index is -2.89. The summed E-state index contributed by atoms with van der Waals surface area (Å²) in [6, 6.07) is 11.5. The first kappa shape index (κ1) is 14.9. The highest BCUT2D eigenvalue weighted by Gasteiger charge is 2.08. The average molecular weight is 295 g/mol. The van der Waals surface area contributed by atoms with Crippen LogP contribution in [0.15, 0.2) is 48.5 Å². The van der Waals surface area contributed by atoms with Gasteiger partial charge in [-0.05, 0) is 29.8 Å². The SMILES string of the molecule is O=C(Cc1ccc(OC(F)F)cc1)Nc1ccccc1F. The number of hydrogen-bond acceptors (Lipinski definition) is 2. The standard InChI is InChI=1S/C15H12F3NO2/c16-12-3-1-2-4-13(12)19-14(20)9-10-5-7-11(8-6-10)21-15(17)18/h1-8,15H,9H2,(H,19,20). The van der Waals surface area contributed by atoms with Crippen molar-refractivity contribution in [3.05, 3.63) is 59.9 Å². The lowest BCUT2D eigenvalue weighted by Gasteiger charge is -2.07. The summed E-state index contributed by atoms with van der Waals surface area (Å²) in [4.78, 5) is 11.8. The minimum Gasteiger partial charge on any atom is -0.435 e. The van der Waals surface area contributed by atoms with Crippen LogP contribution in [-0.2, 0) is 11.2 Å². The molecule has 3 nitrogen and oxygen atoms in total. The molecule has 0 spiro atoms. The van der Waals surface area contributed by atoms with E-state index in [4.69, 9.17) is 0 Å². The van der Waals surface area contributed by atoms with Gasteiger partial charge in [-0.2, -0.15) is 8.78 Å². The van der Waals surface area contributed by atoms with Gasteiger partial charge >= 0.3 is 6.61 Å². The van der Waals surface area contributed by atoms with Crippen molar-refractivity contribution >= 4 is 11.6 Å². The number of ether oxygens (including phenoxy) is 1. The number of carbonyl (C=O) groups is 1. The van der Waals surface area contributed by atoms with E-state index in [2.05, 4.69) is 10.1 Å². The van der Waals surface area contributed by atoms with Crippen LogP contribution >= 0.6 is 0 Å². The van der Waals surface area contributed by atoms with E-state index in [1.54, 1.807) is 6.07 Å². The molecule has 0 aliphatic carbocycles. The largest absolute Gasteiger partial charge is 0.435 e. The minimum absolute atomic E-state index is 0.00327. The zero-order chi connectivity index (χ0) is 15.2. The van der Waals surface area contributed by atoms with Crippen LogP contribution in [0.2, 0.25) is 0 Å². The van der Waals surface area contributed by atoms with Crippen LogP contribution in [0.4, 0.5) is 18.9 Å². The Balaban J connectivity index is 1.95. The number of hydrogen-bond donors (Lipinski definition) is 1. The maximum atomic E-state index is 13.4. The summed E-state index contributed by atoms with van der Waals surface area (Å²) in [6.45, 7) is -2.89. The topological polar surface area (TPSA) is 38.3 Å². The van der Waals surface area contributed by atoms with Crippen LogP contribution in [0.5, 0.6) is 5.75 Å². The number of anilines is 1. The second-order valence-electron chi connectivity index (χ2n) is 4.23. The van der Waals surface area contributed by atoms with Gasteiger partial charge in [-0.25, -0.2) is 4.39 Å². The zero-order valence-electron chi connectivity index (χ0n) is 10.9. The Labute approximate surface area is 119 Å². The van der Waals surface area contributed by atoms with Crippen molar-refractivity contribution in [2.45, 2.75) is 13.0 Å². The van der Waals surface area contributed by atoms with E-state index in [9.17, 15) is 18.0 Å². The quantitative estimate of drug-likeness (QED) is 0.915. The molecule has 2 aromatic rings. The molecule has 21 heavy (non-hydrogen) atoms. The van der Waals surface area contributed by atoms with Gasteiger partial charge < -0.3 is 10.1 Å². The first-order valence-electron chi connectivity index (χ1n) is 6.13. The molecule has 0 aromatic heterocycles. The maximum absolute atomic E-state index is 13.4. The molecule has 0 aliphatic rings. The number of benzene rings is 2. The monoisotopic (exact) mass is 295 g/mol. The van der Waals surface area contributed by atoms with Crippen LogP contribution in [0.1, 0.15) is 5.56 Å². The van der Waals surface area contributed by atoms with Crippen molar-refractivity contribution in [3.8, 4) is 5.75 Å². The Kier molecular flexibility index (Phi) is 4.81. The zero-order valence-corrected chi connectivity index (χ0v) is 10.9. The molecule has 110 valence electrons. The fourth-order valence-corrected chi connectivity index (χ4v) is 1.73. The molecular formula is C15H12F3NO2. The molecule has 0 fully saturated rings. The van der Waals surface area contributed by atoms with Crippen molar-refractivity contribution in [2.75, 3.05) is 5.32 Å². The van der Waals surface area contributed by atoms with Gasteiger partial charge in [0.15, 0.2) is 0 Å². The molecule has 0 saturated heterocycles. The molecule has 0 radical (unpaired) electrons. The smallest absolute Gasteiger partial charge is 0.387 e. The third kappa shape index (κ3) is 4.52. The van der Waals surface area contributed by atoms with Gasteiger partial charge in [-0.15, -0.1) is 0 Å².